The fourth-order valence-electron chi connectivity index (χ4n) is 3.37. The molecule has 0 bridgehead atoms. The van der Waals surface area contributed by atoms with E-state index in [9.17, 15) is 9.59 Å². The van der Waals surface area contributed by atoms with Crippen molar-refractivity contribution in [2.24, 2.45) is 10.1 Å². The van der Waals surface area contributed by atoms with Crippen molar-refractivity contribution in [1.29, 1.82) is 0 Å². The maximum atomic E-state index is 12.9. The van der Waals surface area contributed by atoms with E-state index >= 15 is 0 Å². The summed E-state index contributed by atoms with van der Waals surface area (Å²) in [6.45, 7) is 0.322. The number of imide groups is 1. The third kappa shape index (κ3) is 3.57. The van der Waals surface area contributed by atoms with Gasteiger partial charge in [0.15, 0.2) is 0 Å². The quantitative estimate of drug-likeness (QED) is 0.465. The molecule has 2 aliphatic heterocycles. The Balaban J connectivity index is 1.70. The molecule has 2 aromatic carbocycles. The number of guanidine groups is 1. The van der Waals surface area contributed by atoms with Gasteiger partial charge in [-0.25, -0.2) is 9.37 Å². The van der Waals surface area contributed by atoms with E-state index in [1.807, 2.05) is 48.5 Å². The van der Waals surface area contributed by atoms with Gasteiger partial charge in [-0.2, -0.15) is 5.43 Å². The lowest BCUT2D eigenvalue weighted by Crippen LogP contribution is -2.61. The van der Waals surface area contributed by atoms with Crippen molar-refractivity contribution in [1.82, 2.24) is 15.2 Å². The van der Waals surface area contributed by atoms with Gasteiger partial charge in [0.05, 0.1) is 12.8 Å². The predicted molar refractivity (Wildman–Crippen MR) is 115 cm³/mol. The number of nitrogens with one attached hydrogen (secondary N) is 1. The van der Waals surface area contributed by atoms with E-state index in [0.29, 0.717) is 23.4 Å². The molecule has 2 heterocycles. The van der Waals surface area contributed by atoms with Crippen molar-refractivity contribution in [3.63, 3.8) is 0 Å². The summed E-state index contributed by atoms with van der Waals surface area (Å²) in [6, 6.07) is 15.8. The molecule has 4 rings (SSSR count). The number of amidine groups is 1. The number of hydrazone groups is 1. The highest BCUT2D eigenvalue weighted by atomic mass is 35.5. The molecular formula is C21H20ClN6O2+. The highest BCUT2D eigenvalue weighted by Gasteiger charge is 2.51. The Morgan fingerprint density at radius 3 is 2.53 bits per heavy atom. The summed E-state index contributed by atoms with van der Waals surface area (Å²) in [6.07, 6.45) is 1.66. The number of likely N-dealkylation sites (N-methyl/N-ethyl adjacent to an activating group) is 2. The summed E-state index contributed by atoms with van der Waals surface area (Å²) >= 11 is 6.34. The Hall–Kier alpha value is -3.52. The van der Waals surface area contributed by atoms with Crippen molar-refractivity contribution in [2.75, 3.05) is 14.1 Å². The molecule has 0 radical (unpaired) electrons. The number of carbonyl (C=O) groups is 2. The van der Waals surface area contributed by atoms with Crippen molar-refractivity contribution >= 4 is 41.5 Å². The third-order valence-electron chi connectivity index (χ3n) is 5.01. The normalized spacial score (nSPS) is 18.9. The van der Waals surface area contributed by atoms with Crippen LogP contribution >= 0.6 is 11.6 Å². The van der Waals surface area contributed by atoms with Crippen LogP contribution in [0.1, 0.15) is 11.1 Å². The number of urea groups is 1. The molecular weight excluding hydrogens is 404 g/mol. The number of carbonyl (C=O) groups excluding carboxylic acids is 2. The maximum Gasteiger partial charge on any atom is 0.414 e. The Labute approximate surface area is 178 Å². The van der Waals surface area contributed by atoms with Crippen LogP contribution in [0.25, 0.3) is 0 Å². The van der Waals surface area contributed by atoms with E-state index in [0.717, 1.165) is 16.0 Å². The van der Waals surface area contributed by atoms with Crippen LogP contribution in [0, 0.1) is 0 Å². The first-order chi connectivity index (χ1) is 14.5. The Morgan fingerprint density at radius 2 is 1.80 bits per heavy atom. The lowest BCUT2D eigenvalue weighted by molar-refractivity contribution is -0.553. The summed E-state index contributed by atoms with van der Waals surface area (Å²) in [4.78, 5) is 32.3. The zero-order chi connectivity index (χ0) is 21.3. The number of benzene rings is 2. The molecule has 1 atom stereocenters. The van der Waals surface area contributed by atoms with Gasteiger partial charge >= 0.3 is 12.0 Å². The van der Waals surface area contributed by atoms with Crippen molar-refractivity contribution in [2.45, 2.75) is 12.6 Å². The monoisotopic (exact) mass is 423 g/mol. The Morgan fingerprint density at radius 1 is 1.10 bits per heavy atom. The molecule has 2 aromatic rings. The van der Waals surface area contributed by atoms with Gasteiger partial charge in [-0.1, -0.05) is 65.1 Å². The van der Waals surface area contributed by atoms with E-state index in [-0.39, 0.29) is 5.91 Å². The minimum Gasteiger partial charge on any atom is -0.270 e. The van der Waals surface area contributed by atoms with Gasteiger partial charge in [-0.15, -0.1) is 5.10 Å². The van der Waals surface area contributed by atoms with E-state index in [4.69, 9.17) is 11.6 Å². The van der Waals surface area contributed by atoms with Crippen molar-refractivity contribution < 1.29 is 14.2 Å². The average molecular weight is 424 g/mol. The van der Waals surface area contributed by atoms with Crippen LogP contribution in [0.2, 0.25) is 5.02 Å². The Kier molecular flexibility index (Phi) is 5.33. The number of aliphatic imine (C=N–C) groups is 1. The van der Waals surface area contributed by atoms with Gasteiger partial charge in [-0.05, 0) is 11.6 Å². The summed E-state index contributed by atoms with van der Waals surface area (Å²) < 4.78 is 1.76. The predicted octanol–water partition coefficient (Wildman–Crippen LogP) is 2.14. The molecule has 30 heavy (non-hydrogen) atoms. The van der Waals surface area contributed by atoms with Crippen LogP contribution in [-0.2, 0) is 11.3 Å². The molecule has 9 heteroatoms. The SMILES string of the molecule is CN1C(=O)C2C(=NC(N/N=C\c3ccccc3)=[N+]2Cc2ccccc2Cl)N(C)C1=O. The lowest BCUT2D eigenvalue weighted by atomic mass is 10.1. The van der Waals surface area contributed by atoms with E-state index in [1.165, 1.54) is 11.9 Å². The van der Waals surface area contributed by atoms with Gasteiger partial charge in [0.1, 0.15) is 0 Å². The lowest BCUT2D eigenvalue weighted by Gasteiger charge is -2.31. The molecule has 0 aromatic heterocycles. The Bertz CT molecular complexity index is 1100. The molecule has 1 fully saturated rings. The van der Waals surface area contributed by atoms with Crippen LogP contribution in [-0.4, -0.2) is 64.5 Å². The van der Waals surface area contributed by atoms with Crippen LogP contribution in [0.4, 0.5) is 4.79 Å². The molecule has 8 nitrogen and oxygen atoms in total. The van der Waals surface area contributed by atoms with Gasteiger partial charge < -0.3 is 0 Å². The fraction of sp³-hybridized carbons (Fsp3) is 0.190. The van der Waals surface area contributed by atoms with Crippen LogP contribution in [0.3, 0.4) is 0 Å². The summed E-state index contributed by atoms with van der Waals surface area (Å²) in [5, 5.41) is 4.84. The van der Waals surface area contributed by atoms with Gasteiger partial charge in [0.2, 0.25) is 11.9 Å². The largest absolute Gasteiger partial charge is 0.414 e. The van der Waals surface area contributed by atoms with E-state index in [1.54, 1.807) is 23.9 Å². The first-order valence-electron chi connectivity index (χ1n) is 9.32. The molecule has 0 spiro atoms. The third-order valence-corrected chi connectivity index (χ3v) is 5.38. The minimum absolute atomic E-state index is 0.322. The molecule has 2 aliphatic rings. The molecule has 1 N–H and O–H groups in total. The molecule has 0 saturated carbocycles. The smallest absolute Gasteiger partial charge is 0.270 e. The minimum atomic E-state index is -0.747. The second-order valence-electron chi connectivity index (χ2n) is 6.93. The fourth-order valence-corrected chi connectivity index (χ4v) is 3.56. The molecule has 0 aliphatic carbocycles. The van der Waals surface area contributed by atoms with Crippen LogP contribution in [0.15, 0.2) is 64.7 Å². The zero-order valence-electron chi connectivity index (χ0n) is 16.5. The number of rotatable bonds is 4. The molecule has 3 amide bonds. The number of halogens is 1. The second kappa shape index (κ2) is 8.08. The van der Waals surface area contributed by atoms with Crippen LogP contribution in [0.5, 0.6) is 0 Å². The van der Waals surface area contributed by atoms with Crippen molar-refractivity contribution in [3.8, 4) is 0 Å². The highest BCUT2D eigenvalue weighted by Crippen LogP contribution is 2.22. The number of amides is 3. The first kappa shape index (κ1) is 19.8. The number of hydrogen-bond acceptors (Lipinski definition) is 5. The number of fused-ring (bicyclic) bond motifs is 1. The topological polar surface area (TPSA) is 80.4 Å². The standard InChI is InChI=1S/C21H19ClN6O2/c1-26-18-17(19(29)27(2)21(26)30)28(13-15-10-6-7-11-16(15)22)20(24-18)25-23-12-14-8-4-3-5-9-14/h3-12,17H,13H2,1-2H3/p+1/b23-12-. The number of hydrogen-bond donors (Lipinski definition) is 1. The van der Waals surface area contributed by atoms with Gasteiger partial charge in [0, 0.05) is 24.7 Å². The second-order valence-corrected chi connectivity index (χ2v) is 7.34. The molecule has 152 valence electrons. The summed E-state index contributed by atoms with van der Waals surface area (Å²) in [7, 11) is 3.06. The summed E-state index contributed by atoms with van der Waals surface area (Å²) in [5.74, 6) is 0.366. The zero-order valence-corrected chi connectivity index (χ0v) is 17.2. The van der Waals surface area contributed by atoms with Gasteiger partial charge in [0.25, 0.3) is 5.91 Å². The molecule has 1 unspecified atom stereocenters. The van der Waals surface area contributed by atoms with E-state index in [2.05, 4.69) is 15.5 Å². The number of nitrogens with zero attached hydrogens (tertiary/aromatic N) is 5. The average Bonchev–Trinajstić information content (AvgIpc) is 3.11. The summed E-state index contributed by atoms with van der Waals surface area (Å²) in [5.41, 5.74) is 4.66. The van der Waals surface area contributed by atoms with Crippen molar-refractivity contribution in [3.05, 3.63) is 70.7 Å². The first-order valence-corrected chi connectivity index (χ1v) is 9.70. The van der Waals surface area contributed by atoms with Crippen LogP contribution < -0.4 is 5.43 Å². The van der Waals surface area contributed by atoms with E-state index < -0.39 is 12.1 Å². The van der Waals surface area contributed by atoms with Gasteiger partial charge in [-0.3, -0.25) is 14.6 Å². The highest BCUT2D eigenvalue weighted by molar-refractivity contribution is 6.31. The molecule has 1 saturated heterocycles. The maximum absolute atomic E-state index is 12.9.